The Balaban J connectivity index is 1.56. The number of rotatable bonds is 5. The normalized spacial score (nSPS) is 11.1. The lowest BCUT2D eigenvalue weighted by Crippen LogP contribution is -2.17. The summed E-state index contributed by atoms with van der Waals surface area (Å²) in [6.45, 7) is 1.14. The minimum absolute atomic E-state index is 0.204. The third-order valence-electron chi connectivity index (χ3n) is 3.30. The van der Waals surface area contributed by atoms with Crippen molar-refractivity contribution < 1.29 is 8.78 Å². The second-order valence-corrected chi connectivity index (χ2v) is 4.86. The van der Waals surface area contributed by atoms with Gasteiger partial charge in [-0.15, -0.1) is 0 Å². The van der Waals surface area contributed by atoms with Crippen molar-refractivity contribution in [2.75, 3.05) is 6.54 Å². The van der Waals surface area contributed by atoms with Crippen molar-refractivity contribution in [3.63, 3.8) is 0 Å². The first-order chi connectivity index (χ1) is 10.2. The van der Waals surface area contributed by atoms with Crippen molar-refractivity contribution in [2.24, 2.45) is 0 Å². The Morgan fingerprint density at radius 2 is 1.95 bits per heavy atom. The van der Waals surface area contributed by atoms with E-state index in [1.54, 1.807) is 18.2 Å². The zero-order chi connectivity index (χ0) is 14.7. The van der Waals surface area contributed by atoms with E-state index in [1.165, 1.54) is 18.2 Å². The number of aromatic amines is 1. The predicted molar refractivity (Wildman–Crippen MR) is 77.9 cm³/mol. The van der Waals surface area contributed by atoms with E-state index < -0.39 is 0 Å². The van der Waals surface area contributed by atoms with E-state index in [4.69, 9.17) is 0 Å². The minimum atomic E-state index is -0.282. The van der Waals surface area contributed by atoms with Gasteiger partial charge in [0.1, 0.15) is 17.5 Å². The second-order valence-electron chi connectivity index (χ2n) is 4.86. The molecular weight excluding hydrogens is 272 g/mol. The summed E-state index contributed by atoms with van der Waals surface area (Å²) in [4.78, 5) is 7.46. The summed E-state index contributed by atoms with van der Waals surface area (Å²) >= 11 is 0. The highest BCUT2D eigenvalue weighted by atomic mass is 19.1. The average molecular weight is 287 g/mol. The maximum atomic E-state index is 13.4. The van der Waals surface area contributed by atoms with Gasteiger partial charge in [-0.2, -0.15) is 0 Å². The van der Waals surface area contributed by atoms with Crippen LogP contribution in [0.25, 0.3) is 11.0 Å². The third-order valence-corrected chi connectivity index (χ3v) is 3.30. The number of H-pyrrole nitrogens is 1. The number of halogens is 2. The molecule has 0 fully saturated rings. The third kappa shape index (κ3) is 3.25. The van der Waals surface area contributed by atoms with Gasteiger partial charge >= 0.3 is 0 Å². The number of hydrogen-bond donors (Lipinski definition) is 2. The highest BCUT2D eigenvalue weighted by Crippen LogP contribution is 2.13. The molecule has 1 aromatic heterocycles. The van der Waals surface area contributed by atoms with Crippen LogP contribution in [0.15, 0.2) is 42.5 Å². The van der Waals surface area contributed by atoms with E-state index in [9.17, 15) is 8.78 Å². The van der Waals surface area contributed by atoms with Crippen LogP contribution >= 0.6 is 0 Å². The highest BCUT2D eigenvalue weighted by molar-refractivity contribution is 5.74. The van der Waals surface area contributed by atoms with Crippen LogP contribution in [0.4, 0.5) is 8.78 Å². The van der Waals surface area contributed by atoms with E-state index in [0.29, 0.717) is 30.6 Å². The molecule has 0 atom stereocenters. The fourth-order valence-electron chi connectivity index (χ4n) is 2.22. The Morgan fingerprint density at radius 1 is 1.10 bits per heavy atom. The molecule has 3 aromatic rings. The van der Waals surface area contributed by atoms with Crippen LogP contribution in [0.1, 0.15) is 11.4 Å². The largest absolute Gasteiger partial charge is 0.342 e. The van der Waals surface area contributed by atoms with Gasteiger partial charge in [-0.05, 0) is 24.3 Å². The van der Waals surface area contributed by atoms with E-state index in [0.717, 1.165) is 11.3 Å². The molecule has 0 aliphatic heterocycles. The quantitative estimate of drug-likeness (QED) is 0.708. The minimum Gasteiger partial charge on any atom is -0.342 e. The molecule has 0 saturated carbocycles. The van der Waals surface area contributed by atoms with Crippen molar-refractivity contribution >= 4 is 11.0 Å². The van der Waals surface area contributed by atoms with Crippen LogP contribution in [-0.2, 0) is 13.0 Å². The zero-order valence-corrected chi connectivity index (χ0v) is 11.4. The second kappa shape index (κ2) is 6.01. The van der Waals surface area contributed by atoms with Crippen LogP contribution in [-0.4, -0.2) is 16.5 Å². The van der Waals surface area contributed by atoms with Gasteiger partial charge in [0.25, 0.3) is 0 Å². The Labute approximate surface area is 121 Å². The standard InChI is InChI=1S/C16H15F2N3/c17-12-5-6-14-15(9-12)21-16(20-14)7-8-19-10-11-3-1-2-4-13(11)18/h1-6,9,19H,7-8,10H2,(H,20,21). The lowest BCUT2D eigenvalue weighted by molar-refractivity contribution is 0.587. The summed E-state index contributed by atoms with van der Waals surface area (Å²) in [5, 5.41) is 3.17. The van der Waals surface area contributed by atoms with Crippen molar-refractivity contribution in [2.45, 2.75) is 13.0 Å². The average Bonchev–Trinajstić information content (AvgIpc) is 2.87. The summed E-state index contributed by atoms with van der Waals surface area (Å²) in [7, 11) is 0. The van der Waals surface area contributed by atoms with Gasteiger partial charge in [0.2, 0.25) is 0 Å². The number of aromatic nitrogens is 2. The molecule has 0 spiro atoms. The number of fused-ring (bicyclic) bond motifs is 1. The Morgan fingerprint density at radius 3 is 2.81 bits per heavy atom. The van der Waals surface area contributed by atoms with Crippen LogP contribution < -0.4 is 5.32 Å². The van der Waals surface area contributed by atoms with Crippen LogP contribution in [0.5, 0.6) is 0 Å². The molecule has 1 heterocycles. The zero-order valence-electron chi connectivity index (χ0n) is 11.4. The highest BCUT2D eigenvalue weighted by Gasteiger charge is 2.04. The fourth-order valence-corrected chi connectivity index (χ4v) is 2.22. The molecule has 21 heavy (non-hydrogen) atoms. The fraction of sp³-hybridized carbons (Fsp3) is 0.188. The first kappa shape index (κ1) is 13.7. The first-order valence-electron chi connectivity index (χ1n) is 6.80. The molecule has 2 N–H and O–H groups in total. The smallest absolute Gasteiger partial charge is 0.127 e. The molecule has 5 heteroatoms. The number of hydrogen-bond acceptors (Lipinski definition) is 2. The Hall–Kier alpha value is -2.27. The van der Waals surface area contributed by atoms with E-state index in [-0.39, 0.29) is 11.6 Å². The molecule has 108 valence electrons. The van der Waals surface area contributed by atoms with Gasteiger partial charge in [-0.25, -0.2) is 13.8 Å². The summed E-state index contributed by atoms with van der Waals surface area (Å²) in [6, 6.07) is 11.2. The topological polar surface area (TPSA) is 40.7 Å². The molecule has 2 aromatic carbocycles. The van der Waals surface area contributed by atoms with Crippen LogP contribution in [0.2, 0.25) is 0 Å². The van der Waals surface area contributed by atoms with Crippen LogP contribution in [0, 0.1) is 11.6 Å². The van der Waals surface area contributed by atoms with E-state index in [2.05, 4.69) is 15.3 Å². The molecule has 0 radical (unpaired) electrons. The van der Waals surface area contributed by atoms with Crippen molar-refractivity contribution in [3.05, 3.63) is 65.5 Å². The Bertz CT molecular complexity index is 752. The molecule has 0 aliphatic rings. The number of nitrogens with zero attached hydrogens (tertiary/aromatic N) is 1. The Kier molecular flexibility index (Phi) is 3.92. The molecule has 0 aliphatic carbocycles. The van der Waals surface area contributed by atoms with E-state index >= 15 is 0 Å². The summed E-state index contributed by atoms with van der Waals surface area (Å²) in [6.07, 6.45) is 0.671. The van der Waals surface area contributed by atoms with Crippen LogP contribution in [0.3, 0.4) is 0 Å². The summed E-state index contributed by atoms with van der Waals surface area (Å²) in [5.74, 6) is 0.302. The number of imidazole rings is 1. The lowest BCUT2D eigenvalue weighted by atomic mass is 10.2. The molecular formula is C16H15F2N3. The predicted octanol–water partition coefficient (Wildman–Crippen LogP) is 3.17. The summed E-state index contributed by atoms with van der Waals surface area (Å²) < 4.78 is 26.5. The van der Waals surface area contributed by atoms with Crippen molar-refractivity contribution in [1.82, 2.24) is 15.3 Å². The first-order valence-corrected chi connectivity index (χ1v) is 6.80. The number of benzene rings is 2. The van der Waals surface area contributed by atoms with Crippen molar-refractivity contribution in [1.29, 1.82) is 0 Å². The van der Waals surface area contributed by atoms with Crippen molar-refractivity contribution in [3.8, 4) is 0 Å². The molecule has 0 bridgehead atoms. The van der Waals surface area contributed by atoms with Gasteiger partial charge < -0.3 is 10.3 Å². The van der Waals surface area contributed by atoms with Gasteiger partial charge in [0.05, 0.1) is 11.0 Å². The van der Waals surface area contributed by atoms with Gasteiger partial charge in [-0.1, -0.05) is 18.2 Å². The molecule has 3 nitrogen and oxygen atoms in total. The molecule has 0 saturated heterocycles. The SMILES string of the molecule is Fc1ccc2nc(CCNCc3ccccc3F)[nH]c2c1. The molecule has 3 rings (SSSR count). The summed E-state index contributed by atoms with van der Waals surface area (Å²) in [5.41, 5.74) is 2.09. The molecule has 0 unspecified atom stereocenters. The van der Waals surface area contributed by atoms with E-state index in [1.807, 2.05) is 6.07 Å². The molecule has 0 amide bonds. The lowest BCUT2D eigenvalue weighted by Gasteiger charge is -2.04. The maximum Gasteiger partial charge on any atom is 0.127 e. The monoisotopic (exact) mass is 287 g/mol. The van der Waals surface area contributed by atoms with Gasteiger partial charge in [0.15, 0.2) is 0 Å². The van der Waals surface area contributed by atoms with Gasteiger partial charge in [-0.3, -0.25) is 0 Å². The van der Waals surface area contributed by atoms with Gasteiger partial charge in [0, 0.05) is 25.1 Å². The maximum absolute atomic E-state index is 13.4. The number of nitrogens with one attached hydrogen (secondary N) is 2.